The van der Waals surface area contributed by atoms with Gasteiger partial charge in [-0.25, -0.2) is 4.98 Å². The Labute approximate surface area is 308 Å². The van der Waals surface area contributed by atoms with Gasteiger partial charge in [0.05, 0.1) is 16.1 Å². The first kappa shape index (κ1) is 43.2. The van der Waals surface area contributed by atoms with Crippen molar-refractivity contribution in [2.24, 2.45) is 17.3 Å². The molecule has 0 spiro atoms. The van der Waals surface area contributed by atoms with E-state index in [1.807, 2.05) is 32.9 Å². The van der Waals surface area contributed by atoms with Crippen LogP contribution in [0, 0.1) is 28.6 Å². The van der Waals surface area contributed by atoms with Crippen molar-refractivity contribution in [3.8, 4) is 6.07 Å². The molecule has 1 aromatic heterocycles. The standard InChI is InChI=1S/C41H67N5O3S/c1-12-16-21-31(14-3)27-46(28-32(15-4)22-17-13-2)39-43-36(41(9)23-19-18-20-24-41)35(50-39)25-34(30(5)33(26-42)29-47)37(48)44(10)45(11)38(49)40(6,7)8/h25,29,31-32H,12-24,27-28H2,1-11H3/b33-30-,34-25-. The fourth-order valence-electron chi connectivity index (χ4n) is 6.98. The Kier molecular flexibility index (Phi) is 17.4. The zero-order valence-corrected chi connectivity index (χ0v) is 34.1. The minimum Gasteiger partial charge on any atom is -0.348 e. The monoisotopic (exact) mass is 709 g/mol. The second-order valence-electron chi connectivity index (χ2n) is 15.8. The largest absolute Gasteiger partial charge is 0.348 e. The number of amides is 2. The van der Waals surface area contributed by atoms with Gasteiger partial charge in [0.15, 0.2) is 11.4 Å². The van der Waals surface area contributed by atoms with Gasteiger partial charge in [-0.1, -0.05) is 125 Å². The molecule has 9 heteroatoms. The van der Waals surface area contributed by atoms with Crippen molar-refractivity contribution in [2.45, 2.75) is 151 Å². The molecule has 2 atom stereocenters. The molecule has 0 aliphatic heterocycles. The van der Waals surface area contributed by atoms with Gasteiger partial charge in [0.25, 0.3) is 5.91 Å². The number of carbonyl (C=O) groups is 3. The van der Waals surface area contributed by atoms with Gasteiger partial charge in [-0.15, -0.1) is 0 Å². The van der Waals surface area contributed by atoms with Crippen LogP contribution in [0.1, 0.15) is 156 Å². The van der Waals surface area contributed by atoms with Crippen LogP contribution in [0.3, 0.4) is 0 Å². The summed E-state index contributed by atoms with van der Waals surface area (Å²) in [5.41, 5.74) is 0.522. The summed E-state index contributed by atoms with van der Waals surface area (Å²) in [6.45, 7) is 20.4. The highest BCUT2D eigenvalue weighted by Crippen LogP contribution is 2.44. The third-order valence-corrected chi connectivity index (χ3v) is 11.8. The Balaban J connectivity index is 2.88. The summed E-state index contributed by atoms with van der Waals surface area (Å²) in [4.78, 5) is 48.6. The minimum absolute atomic E-state index is 0.108. The lowest BCUT2D eigenvalue weighted by Crippen LogP contribution is -2.49. The van der Waals surface area contributed by atoms with Gasteiger partial charge < -0.3 is 4.90 Å². The van der Waals surface area contributed by atoms with Gasteiger partial charge in [0.2, 0.25) is 5.91 Å². The Morgan fingerprint density at radius 1 is 0.960 bits per heavy atom. The summed E-state index contributed by atoms with van der Waals surface area (Å²) in [5.74, 6) is 0.444. The Morgan fingerprint density at radius 3 is 1.94 bits per heavy atom. The third-order valence-electron chi connectivity index (χ3n) is 10.7. The number of unbranched alkanes of at least 4 members (excludes halogenated alkanes) is 2. The Bertz CT molecular complexity index is 1360. The number of nitriles is 1. The van der Waals surface area contributed by atoms with E-state index in [1.165, 1.54) is 55.0 Å². The highest BCUT2D eigenvalue weighted by atomic mass is 32.1. The predicted molar refractivity (Wildman–Crippen MR) is 209 cm³/mol. The van der Waals surface area contributed by atoms with Crippen LogP contribution < -0.4 is 4.90 Å². The first-order valence-corrected chi connectivity index (χ1v) is 20.0. The number of thiazole rings is 1. The molecule has 0 N–H and O–H groups in total. The third kappa shape index (κ3) is 11.5. The number of rotatable bonds is 18. The summed E-state index contributed by atoms with van der Waals surface area (Å²) < 4.78 is 0. The second-order valence-corrected chi connectivity index (χ2v) is 16.8. The molecule has 1 fully saturated rings. The maximum Gasteiger partial charge on any atom is 0.272 e. The molecule has 1 aromatic rings. The quantitative estimate of drug-likeness (QED) is 0.0495. The van der Waals surface area contributed by atoms with Crippen molar-refractivity contribution in [3.63, 3.8) is 0 Å². The van der Waals surface area contributed by atoms with E-state index < -0.39 is 11.3 Å². The number of nitrogens with zero attached hydrogens (tertiary/aromatic N) is 5. The zero-order valence-electron chi connectivity index (χ0n) is 33.3. The molecule has 50 heavy (non-hydrogen) atoms. The molecule has 8 nitrogen and oxygen atoms in total. The molecule has 1 aliphatic carbocycles. The molecule has 2 rings (SSSR count). The van der Waals surface area contributed by atoms with Crippen LogP contribution in [-0.4, -0.2) is 60.3 Å². The first-order valence-electron chi connectivity index (χ1n) is 19.2. The van der Waals surface area contributed by atoms with Gasteiger partial charge in [0, 0.05) is 43.6 Å². The average molecular weight is 710 g/mol. The average Bonchev–Trinajstić information content (AvgIpc) is 3.53. The lowest BCUT2D eigenvalue weighted by atomic mass is 9.73. The highest BCUT2D eigenvalue weighted by Gasteiger charge is 2.36. The van der Waals surface area contributed by atoms with Crippen LogP contribution in [0.5, 0.6) is 0 Å². The van der Waals surface area contributed by atoms with Crippen molar-refractivity contribution in [2.75, 3.05) is 32.1 Å². The number of likely N-dealkylation sites (N-methyl/N-ethyl adjacent to an activating group) is 1. The van der Waals surface area contributed by atoms with Crippen molar-refractivity contribution in [1.82, 2.24) is 15.0 Å². The van der Waals surface area contributed by atoms with Crippen LogP contribution >= 0.6 is 11.3 Å². The maximum atomic E-state index is 14.4. The molecule has 280 valence electrons. The fraction of sp³-hybridized carbons (Fsp3) is 0.732. The van der Waals surface area contributed by atoms with Gasteiger partial charge in [-0.2, -0.15) is 5.26 Å². The lowest BCUT2D eigenvalue weighted by Gasteiger charge is -2.34. The molecule has 1 heterocycles. The number of aldehydes is 1. The number of hydrazine groups is 1. The molecule has 0 saturated heterocycles. The Morgan fingerprint density at radius 2 is 1.50 bits per heavy atom. The van der Waals surface area contributed by atoms with Crippen LogP contribution in [0.25, 0.3) is 6.08 Å². The fourth-order valence-corrected chi connectivity index (χ4v) is 8.16. The molecular formula is C41H67N5O3S. The van der Waals surface area contributed by atoms with Gasteiger partial charge in [0.1, 0.15) is 6.07 Å². The smallest absolute Gasteiger partial charge is 0.272 e. The van der Waals surface area contributed by atoms with E-state index in [2.05, 4.69) is 39.5 Å². The Hall–Kier alpha value is -2.99. The van der Waals surface area contributed by atoms with Crippen molar-refractivity contribution in [1.29, 1.82) is 5.26 Å². The van der Waals surface area contributed by atoms with E-state index >= 15 is 0 Å². The molecule has 0 radical (unpaired) electrons. The number of allylic oxidation sites excluding steroid dienone is 1. The first-order chi connectivity index (χ1) is 23.6. The van der Waals surface area contributed by atoms with E-state index in [9.17, 15) is 19.6 Å². The van der Waals surface area contributed by atoms with E-state index in [4.69, 9.17) is 4.98 Å². The van der Waals surface area contributed by atoms with Crippen LogP contribution in [0.4, 0.5) is 5.13 Å². The number of carbonyl (C=O) groups excluding carboxylic acids is 3. The van der Waals surface area contributed by atoms with E-state index in [1.54, 1.807) is 32.4 Å². The van der Waals surface area contributed by atoms with Gasteiger partial charge in [-0.05, 0) is 56.1 Å². The summed E-state index contributed by atoms with van der Waals surface area (Å²) >= 11 is 1.63. The lowest BCUT2D eigenvalue weighted by molar-refractivity contribution is -0.161. The van der Waals surface area contributed by atoms with Crippen LogP contribution in [-0.2, 0) is 19.8 Å². The zero-order chi connectivity index (χ0) is 37.6. The van der Waals surface area contributed by atoms with E-state index in [0.29, 0.717) is 23.7 Å². The molecule has 1 aliphatic rings. The topological polar surface area (TPSA) is 97.6 Å². The van der Waals surface area contributed by atoms with Crippen molar-refractivity contribution < 1.29 is 14.4 Å². The molecule has 2 amide bonds. The summed E-state index contributed by atoms with van der Waals surface area (Å²) in [6.07, 6.45) is 17.2. The van der Waals surface area contributed by atoms with Crippen LogP contribution in [0.2, 0.25) is 0 Å². The SMILES string of the molecule is CCCCC(CC)CN(CC(CC)CCCC)c1nc(C2(C)CCCCC2)c(/C=C(C(=O)N(C)N(C)C(=O)C(C)(C)C)/C(C)=C(/C#N)C=O)s1. The molecular weight excluding hydrogens is 643 g/mol. The second kappa shape index (κ2) is 20.2. The van der Waals surface area contributed by atoms with Gasteiger partial charge in [-0.3, -0.25) is 24.4 Å². The predicted octanol–water partition coefficient (Wildman–Crippen LogP) is 9.90. The number of aromatic nitrogens is 1. The maximum absolute atomic E-state index is 14.4. The van der Waals surface area contributed by atoms with E-state index in [-0.39, 0.29) is 22.5 Å². The molecule has 0 bridgehead atoms. The minimum atomic E-state index is -0.710. The van der Waals surface area contributed by atoms with Crippen molar-refractivity contribution in [3.05, 3.63) is 27.3 Å². The summed E-state index contributed by atoms with van der Waals surface area (Å²) in [6, 6.07) is 1.99. The summed E-state index contributed by atoms with van der Waals surface area (Å²) in [7, 11) is 3.14. The van der Waals surface area contributed by atoms with Crippen LogP contribution in [0.15, 0.2) is 16.7 Å². The van der Waals surface area contributed by atoms with Crippen molar-refractivity contribution >= 4 is 40.6 Å². The number of hydrogen-bond acceptors (Lipinski definition) is 7. The number of anilines is 1. The van der Waals surface area contributed by atoms with Gasteiger partial charge >= 0.3 is 0 Å². The highest BCUT2D eigenvalue weighted by molar-refractivity contribution is 7.16. The number of hydrogen-bond donors (Lipinski definition) is 0. The normalized spacial score (nSPS) is 16.6. The molecule has 2 unspecified atom stereocenters. The summed E-state index contributed by atoms with van der Waals surface area (Å²) in [5, 5.41) is 13.5. The van der Waals surface area contributed by atoms with E-state index in [0.717, 1.165) is 67.3 Å². The molecule has 0 aromatic carbocycles. The molecule has 1 saturated carbocycles.